The lowest BCUT2D eigenvalue weighted by molar-refractivity contribution is -0.137. The molecule has 0 saturated heterocycles. The van der Waals surface area contributed by atoms with Gasteiger partial charge in [0.25, 0.3) is 0 Å². The van der Waals surface area contributed by atoms with Gasteiger partial charge in [-0.1, -0.05) is 29.8 Å². The highest BCUT2D eigenvalue weighted by Gasteiger charge is 2.34. The average molecular weight is 386 g/mol. The largest absolute Gasteiger partial charge is 0.416 e. The molecule has 4 rings (SSSR count). The molecule has 2 heterocycles. The van der Waals surface area contributed by atoms with Gasteiger partial charge in [0.1, 0.15) is 11.9 Å². The van der Waals surface area contributed by atoms with Crippen molar-refractivity contribution in [3.05, 3.63) is 65.5 Å². The number of aryl methyl sites for hydroxylation is 2. The quantitative estimate of drug-likeness (QED) is 0.726. The fraction of sp³-hybridized carbons (Fsp3) is 0.250. The van der Waals surface area contributed by atoms with Gasteiger partial charge in [-0.3, -0.25) is 9.36 Å². The summed E-state index contributed by atoms with van der Waals surface area (Å²) in [5, 5.41) is 11.0. The van der Waals surface area contributed by atoms with Crippen LogP contribution in [0.15, 0.2) is 48.5 Å². The second kappa shape index (κ2) is 6.78. The van der Waals surface area contributed by atoms with Crippen LogP contribution in [0, 0.1) is 6.92 Å². The zero-order valence-electron chi connectivity index (χ0n) is 15.0. The van der Waals surface area contributed by atoms with Crippen LogP contribution in [0.25, 0.3) is 11.4 Å². The van der Waals surface area contributed by atoms with Gasteiger partial charge in [0, 0.05) is 17.7 Å². The Labute approximate surface area is 159 Å². The molecule has 1 aromatic heterocycles. The number of carbonyl (C=O) groups is 1. The third-order valence-corrected chi connectivity index (χ3v) is 4.79. The summed E-state index contributed by atoms with van der Waals surface area (Å²) in [4.78, 5) is 12.8. The molecule has 144 valence electrons. The molecule has 1 aliphatic rings. The number of benzene rings is 2. The van der Waals surface area contributed by atoms with E-state index in [0.717, 1.165) is 17.7 Å². The zero-order chi connectivity index (χ0) is 19.9. The van der Waals surface area contributed by atoms with E-state index in [4.69, 9.17) is 0 Å². The molecule has 1 aliphatic heterocycles. The lowest BCUT2D eigenvalue weighted by atomic mass is 10.1. The minimum atomic E-state index is -4.45. The number of nitrogens with zero attached hydrogens (tertiary/aromatic N) is 3. The zero-order valence-corrected chi connectivity index (χ0v) is 15.0. The minimum Gasteiger partial charge on any atom is -0.324 e. The van der Waals surface area contributed by atoms with E-state index in [0.29, 0.717) is 24.4 Å². The van der Waals surface area contributed by atoms with Crippen molar-refractivity contribution < 1.29 is 18.0 Å². The highest BCUT2D eigenvalue weighted by Crippen LogP contribution is 2.35. The van der Waals surface area contributed by atoms with Gasteiger partial charge in [0.15, 0.2) is 5.82 Å². The molecule has 1 atom stereocenters. The van der Waals surface area contributed by atoms with Gasteiger partial charge in [-0.2, -0.15) is 13.2 Å². The third-order valence-electron chi connectivity index (χ3n) is 4.79. The topological polar surface area (TPSA) is 59.8 Å². The highest BCUT2D eigenvalue weighted by molar-refractivity contribution is 5.94. The fourth-order valence-electron chi connectivity index (χ4n) is 3.36. The average Bonchev–Trinajstić information content (AvgIpc) is 3.25. The molecule has 8 heteroatoms. The predicted octanol–water partition coefficient (Wildman–Crippen LogP) is 4.40. The molecule has 0 saturated carbocycles. The van der Waals surface area contributed by atoms with E-state index >= 15 is 0 Å². The first-order valence-corrected chi connectivity index (χ1v) is 8.82. The summed E-state index contributed by atoms with van der Waals surface area (Å²) in [6.45, 7) is 1.95. The summed E-state index contributed by atoms with van der Waals surface area (Å²) >= 11 is 0. The molecule has 1 amide bonds. The standard InChI is InChI=1S/C20H17F3N4O/c1-12-5-7-15(8-6-12)24-19(28)16-9-10-17-25-26-18(27(16)17)13-3-2-4-14(11-13)20(21,22)23/h2-8,11,16H,9-10H2,1H3,(H,24,28). The maximum atomic E-state index is 13.1. The van der Waals surface area contributed by atoms with E-state index < -0.39 is 17.8 Å². The molecule has 1 unspecified atom stereocenters. The van der Waals surface area contributed by atoms with Gasteiger partial charge in [-0.05, 0) is 37.6 Å². The second-order valence-electron chi connectivity index (χ2n) is 6.80. The number of carbonyl (C=O) groups excluding carboxylic acids is 1. The van der Waals surface area contributed by atoms with Crippen molar-refractivity contribution in [1.29, 1.82) is 0 Å². The maximum absolute atomic E-state index is 13.1. The van der Waals surface area contributed by atoms with Crippen molar-refractivity contribution >= 4 is 11.6 Å². The number of rotatable bonds is 3. The summed E-state index contributed by atoms with van der Waals surface area (Å²) in [6, 6.07) is 11.7. The molecule has 0 bridgehead atoms. The molecule has 0 fully saturated rings. The Kier molecular flexibility index (Phi) is 4.41. The van der Waals surface area contributed by atoms with Gasteiger partial charge in [-0.25, -0.2) is 0 Å². The van der Waals surface area contributed by atoms with Crippen LogP contribution in [0.4, 0.5) is 18.9 Å². The summed E-state index contributed by atoms with van der Waals surface area (Å²) in [7, 11) is 0. The number of aromatic nitrogens is 3. The van der Waals surface area contributed by atoms with E-state index in [9.17, 15) is 18.0 Å². The molecule has 28 heavy (non-hydrogen) atoms. The Morgan fingerprint density at radius 1 is 1.14 bits per heavy atom. The number of hydrogen-bond acceptors (Lipinski definition) is 3. The van der Waals surface area contributed by atoms with E-state index in [1.54, 1.807) is 10.6 Å². The van der Waals surface area contributed by atoms with Crippen molar-refractivity contribution in [2.24, 2.45) is 0 Å². The van der Waals surface area contributed by atoms with Crippen molar-refractivity contribution in [3.63, 3.8) is 0 Å². The lowest BCUT2D eigenvalue weighted by Crippen LogP contribution is -2.24. The first kappa shape index (κ1) is 18.2. The normalized spacial score (nSPS) is 16.1. The SMILES string of the molecule is Cc1ccc(NC(=O)C2CCc3nnc(-c4cccc(C(F)(F)F)c4)n32)cc1. The number of amides is 1. The van der Waals surface area contributed by atoms with Gasteiger partial charge in [-0.15, -0.1) is 10.2 Å². The van der Waals surface area contributed by atoms with Crippen LogP contribution < -0.4 is 5.32 Å². The molecule has 0 radical (unpaired) electrons. The van der Waals surface area contributed by atoms with Gasteiger partial charge in [0.05, 0.1) is 5.56 Å². The minimum absolute atomic E-state index is 0.240. The van der Waals surface area contributed by atoms with Crippen LogP contribution in [0.1, 0.15) is 29.4 Å². The van der Waals surface area contributed by atoms with E-state index in [2.05, 4.69) is 15.5 Å². The van der Waals surface area contributed by atoms with Crippen LogP contribution >= 0.6 is 0 Å². The van der Waals surface area contributed by atoms with Gasteiger partial charge in [0.2, 0.25) is 5.91 Å². The number of nitrogens with one attached hydrogen (secondary N) is 1. The summed E-state index contributed by atoms with van der Waals surface area (Å²) < 4.78 is 40.8. The molecule has 1 N–H and O–H groups in total. The van der Waals surface area contributed by atoms with Crippen molar-refractivity contribution in [2.45, 2.75) is 32.0 Å². The fourth-order valence-corrected chi connectivity index (χ4v) is 3.36. The summed E-state index contributed by atoms with van der Waals surface area (Å²) in [5.41, 5.74) is 1.26. The number of alkyl halides is 3. The number of hydrogen-bond donors (Lipinski definition) is 1. The van der Waals surface area contributed by atoms with Crippen LogP contribution in [-0.2, 0) is 17.4 Å². The Balaban J connectivity index is 1.65. The van der Waals surface area contributed by atoms with Crippen LogP contribution in [0.2, 0.25) is 0 Å². The number of anilines is 1. The van der Waals surface area contributed by atoms with Gasteiger partial charge >= 0.3 is 6.18 Å². The molecule has 3 aromatic rings. The van der Waals surface area contributed by atoms with E-state index in [1.165, 1.54) is 6.07 Å². The Morgan fingerprint density at radius 2 is 1.89 bits per heavy atom. The predicted molar refractivity (Wildman–Crippen MR) is 97.6 cm³/mol. The Bertz CT molecular complexity index is 1020. The van der Waals surface area contributed by atoms with Crippen LogP contribution in [0.3, 0.4) is 0 Å². The second-order valence-corrected chi connectivity index (χ2v) is 6.80. The van der Waals surface area contributed by atoms with Crippen LogP contribution in [-0.4, -0.2) is 20.7 Å². The first-order chi connectivity index (χ1) is 13.3. The molecular formula is C20H17F3N4O. The molecular weight excluding hydrogens is 369 g/mol. The maximum Gasteiger partial charge on any atom is 0.416 e. The summed E-state index contributed by atoms with van der Waals surface area (Å²) in [6.07, 6.45) is -3.39. The molecule has 5 nitrogen and oxygen atoms in total. The molecule has 0 spiro atoms. The van der Waals surface area contributed by atoms with Crippen molar-refractivity contribution in [2.75, 3.05) is 5.32 Å². The van der Waals surface area contributed by atoms with Crippen LogP contribution in [0.5, 0.6) is 0 Å². The van der Waals surface area contributed by atoms with E-state index in [1.807, 2.05) is 31.2 Å². The number of halogens is 3. The van der Waals surface area contributed by atoms with Crippen molar-refractivity contribution in [3.8, 4) is 11.4 Å². The first-order valence-electron chi connectivity index (χ1n) is 8.82. The Morgan fingerprint density at radius 3 is 2.61 bits per heavy atom. The molecule has 2 aromatic carbocycles. The highest BCUT2D eigenvalue weighted by atomic mass is 19.4. The summed E-state index contributed by atoms with van der Waals surface area (Å²) in [5.74, 6) is 0.620. The monoisotopic (exact) mass is 386 g/mol. The Hall–Kier alpha value is -3.16. The van der Waals surface area contributed by atoms with Gasteiger partial charge < -0.3 is 5.32 Å². The third kappa shape index (κ3) is 3.37. The van der Waals surface area contributed by atoms with E-state index in [-0.39, 0.29) is 17.3 Å². The van der Waals surface area contributed by atoms with Crippen molar-refractivity contribution in [1.82, 2.24) is 14.8 Å². The lowest BCUT2D eigenvalue weighted by Gasteiger charge is -2.16. The smallest absolute Gasteiger partial charge is 0.324 e. The number of fused-ring (bicyclic) bond motifs is 1. The molecule has 0 aliphatic carbocycles.